The topological polar surface area (TPSA) is 39.7 Å². The van der Waals surface area contributed by atoms with Crippen LogP contribution in [0.25, 0.3) is 0 Å². The van der Waals surface area contributed by atoms with E-state index in [1.165, 1.54) is 16.7 Å². The van der Waals surface area contributed by atoms with Crippen LogP contribution in [0, 0.1) is 0 Å². The summed E-state index contributed by atoms with van der Waals surface area (Å²) in [6, 6.07) is 10.8. The Bertz CT molecular complexity index is 573. The zero-order valence-corrected chi connectivity index (χ0v) is 14.3. The molecule has 0 spiro atoms. The molecule has 1 aromatic heterocycles. The summed E-state index contributed by atoms with van der Waals surface area (Å²) >= 11 is 1.71. The first-order valence-corrected chi connectivity index (χ1v) is 8.30. The maximum Gasteiger partial charge on any atom is 0.191 e. The van der Waals surface area contributed by atoms with Crippen molar-refractivity contribution in [1.29, 1.82) is 0 Å². The fraction of sp³-hybridized carbons (Fsp3) is 0.353. The predicted molar refractivity (Wildman–Crippen MR) is 95.2 cm³/mol. The molecule has 0 radical (unpaired) electrons. The van der Waals surface area contributed by atoms with Crippen molar-refractivity contribution < 1.29 is 0 Å². The third kappa shape index (κ3) is 5.50. The van der Waals surface area contributed by atoms with Crippen molar-refractivity contribution in [3.05, 3.63) is 57.8 Å². The number of nitrogens with zero attached hydrogens (tertiary/aromatic N) is 2. The maximum atomic E-state index is 4.25. The highest BCUT2D eigenvalue weighted by atomic mass is 32.1. The average Bonchev–Trinajstić information content (AvgIpc) is 3.02. The number of nitrogens with one attached hydrogen (secondary N) is 2. The van der Waals surface area contributed by atoms with Crippen molar-refractivity contribution in [2.75, 3.05) is 21.1 Å². The molecule has 0 unspecified atom stereocenters. The van der Waals surface area contributed by atoms with E-state index in [1.807, 2.05) is 0 Å². The van der Waals surface area contributed by atoms with Crippen LogP contribution in [-0.4, -0.2) is 32.0 Å². The van der Waals surface area contributed by atoms with Gasteiger partial charge in [0.05, 0.1) is 0 Å². The monoisotopic (exact) mass is 316 g/mol. The normalized spacial score (nSPS) is 11.7. The van der Waals surface area contributed by atoms with Gasteiger partial charge in [-0.2, -0.15) is 11.3 Å². The molecule has 0 atom stereocenters. The highest BCUT2D eigenvalue weighted by Crippen LogP contribution is 2.06. The van der Waals surface area contributed by atoms with Crippen molar-refractivity contribution in [2.24, 2.45) is 4.99 Å². The maximum absolute atomic E-state index is 4.25. The van der Waals surface area contributed by atoms with Gasteiger partial charge < -0.3 is 15.5 Å². The molecule has 0 aliphatic rings. The molecule has 0 bridgehead atoms. The summed E-state index contributed by atoms with van der Waals surface area (Å²) < 4.78 is 0. The molecule has 4 nitrogen and oxygen atoms in total. The molecule has 22 heavy (non-hydrogen) atoms. The first-order valence-electron chi connectivity index (χ1n) is 7.35. The Morgan fingerprint density at radius 1 is 1.00 bits per heavy atom. The lowest BCUT2D eigenvalue weighted by Gasteiger charge is -2.13. The van der Waals surface area contributed by atoms with Crippen LogP contribution in [0.3, 0.4) is 0 Å². The Balaban J connectivity index is 1.80. The summed E-state index contributed by atoms with van der Waals surface area (Å²) in [6.07, 6.45) is 0. The Morgan fingerprint density at radius 2 is 1.64 bits per heavy atom. The van der Waals surface area contributed by atoms with E-state index in [9.17, 15) is 0 Å². The van der Waals surface area contributed by atoms with Crippen LogP contribution >= 0.6 is 11.3 Å². The van der Waals surface area contributed by atoms with E-state index in [4.69, 9.17) is 0 Å². The molecule has 0 aliphatic heterocycles. The number of thiophene rings is 1. The highest BCUT2D eigenvalue weighted by Gasteiger charge is 2.00. The van der Waals surface area contributed by atoms with Gasteiger partial charge in [0.2, 0.25) is 0 Å². The standard InChI is InChI=1S/C17H24N4S/c1-18-17(20-11-16-8-9-22-13-16)19-10-14-4-6-15(7-5-14)12-21(2)3/h4-9,13H,10-12H2,1-3H3,(H2,18,19,20). The molecule has 0 saturated heterocycles. The van der Waals surface area contributed by atoms with Gasteiger partial charge in [-0.25, -0.2) is 0 Å². The van der Waals surface area contributed by atoms with Gasteiger partial charge >= 0.3 is 0 Å². The van der Waals surface area contributed by atoms with Crippen LogP contribution in [0.4, 0.5) is 0 Å². The van der Waals surface area contributed by atoms with Crippen LogP contribution in [0.1, 0.15) is 16.7 Å². The fourth-order valence-corrected chi connectivity index (χ4v) is 2.78. The fourth-order valence-electron chi connectivity index (χ4n) is 2.11. The molecule has 118 valence electrons. The first kappa shape index (κ1) is 16.5. The molecule has 2 N–H and O–H groups in total. The number of benzene rings is 1. The lowest BCUT2D eigenvalue weighted by atomic mass is 10.1. The predicted octanol–water partition coefficient (Wildman–Crippen LogP) is 2.67. The second-order valence-corrected chi connectivity index (χ2v) is 6.25. The van der Waals surface area contributed by atoms with E-state index < -0.39 is 0 Å². The van der Waals surface area contributed by atoms with Gasteiger partial charge in [0.25, 0.3) is 0 Å². The van der Waals surface area contributed by atoms with Gasteiger partial charge in [0.15, 0.2) is 5.96 Å². The van der Waals surface area contributed by atoms with E-state index in [2.05, 4.69) is 75.7 Å². The van der Waals surface area contributed by atoms with Crippen molar-refractivity contribution >= 4 is 17.3 Å². The van der Waals surface area contributed by atoms with E-state index in [1.54, 1.807) is 18.4 Å². The van der Waals surface area contributed by atoms with Gasteiger partial charge in [-0.3, -0.25) is 4.99 Å². The summed E-state index contributed by atoms with van der Waals surface area (Å²) in [7, 11) is 5.96. The van der Waals surface area contributed by atoms with E-state index in [0.29, 0.717) is 0 Å². The molecule has 1 aromatic carbocycles. The second-order valence-electron chi connectivity index (χ2n) is 5.47. The van der Waals surface area contributed by atoms with Gasteiger partial charge in [-0.1, -0.05) is 24.3 Å². The minimum absolute atomic E-state index is 0.769. The molecule has 0 aliphatic carbocycles. The summed E-state index contributed by atoms with van der Waals surface area (Å²) in [5.74, 6) is 0.823. The van der Waals surface area contributed by atoms with Crippen molar-refractivity contribution in [2.45, 2.75) is 19.6 Å². The molecule has 0 saturated carbocycles. The van der Waals surface area contributed by atoms with Crippen LogP contribution in [0.15, 0.2) is 46.1 Å². The van der Waals surface area contributed by atoms with E-state index in [0.717, 1.165) is 25.6 Å². The molecular formula is C17H24N4S. The Kier molecular flexibility index (Phi) is 6.43. The third-order valence-electron chi connectivity index (χ3n) is 3.25. The molecule has 2 rings (SSSR count). The van der Waals surface area contributed by atoms with E-state index >= 15 is 0 Å². The largest absolute Gasteiger partial charge is 0.352 e. The lowest BCUT2D eigenvalue weighted by Crippen LogP contribution is -2.36. The number of aliphatic imine (C=N–C) groups is 1. The molecule has 2 aromatic rings. The average molecular weight is 316 g/mol. The molecule has 5 heteroatoms. The molecule has 0 amide bonds. The second kappa shape index (κ2) is 8.56. The zero-order chi connectivity index (χ0) is 15.8. The van der Waals surface area contributed by atoms with Crippen LogP contribution < -0.4 is 10.6 Å². The summed E-state index contributed by atoms with van der Waals surface area (Å²) in [5, 5.41) is 10.9. The third-order valence-corrected chi connectivity index (χ3v) is 3.98. The number of hydrogen-bond acceptors (Lipinski definition) is 3. The zero-order valence-electron chi connectivity index (χ0n) is 13.5. The smallest absolute Gasteiger partial charge is 0.191 e. The molecule has 0 fully saturated rings. The minimum Gasteiger partial charge on any atom is -0.352 e. The quantitative estimate of drug-likeness (QED) is 0.636. The lowest BCUT2D eigenvalue weighted by molar-refractivity contribution is 0.402. The van der Waals surface area contributed by atoms with Gasteiger partial charge in [0.1, 0.15) is 0 Å². The Hall–Kier alpha value is -1.85. The number of guanidine groups is 1. The number of hydrogen-bond donors (Lipinski definition) is 2. The van der Waals surface area contributed by atoms with Crippen molar-refractivity contribution in [3.63, 3.8) is 0 Å². The molecule has 1 heterocycles. The highest BCUT2D eigenvalue weighted by molar-refractivity contribution is 7.07. The van der Waals surface area contributed by atoms with Gasteiger partial charge in [-0.05, 0) is 47.6 Å². The summed E-state index contributed by atoms with van der Waals surface area (Å²) in [4.78, 5) is 6.42. The van der Waals surface area contributed by atoms with Crippen LogP contribution in [0.2, 0.25) is 0 Å². The SMILES string of the molecule is CN=C(NCc1ccc(CN(C)C)cc1)NCc1ccsc1. The molecular weight excluding hydrogens is 292 g/mol. The summed E-state index contributed by atoms with van der Waals surface area (Å²) in [5.41, 5.74) is 3.86. The van der Waals surface area contributed by atoms with Crippen LogP contribution in [-0.2, 0) is 19.6 Å². The van der Waals surface area contributed by atoms with E-state index in [-0.39, 0.29) is 0 Å². The Morgan fingerprint density at radius 3 is 2.18 bits per heavy atom. The summed E-state index contributed by atoms with van der Waals surface area (Å²) in [6.45, 7) is 2.54. The van der Waals surface area contributed by atoms with Crippen LogP contribution in [0.5, 0.6) is 0 Å². The first-order chi connectivity index (χ1) is 10.7. The van der Waals surface area contributed by atoms with Gasteiger partial charge in [0, 0.05) is 26.7 Å². The van der Waals surface area contributed by atoms with Crippen molar-refractivity contribution in [1.82, 2.24) is 15.5 Å². The minimum atomic E-state index is 0.769. The number of rotatable bonds is 6. The Labute approximate surface area is 136 Å². The van der Waals surface area contributed by atoms with Crippen molar-refractivity contribution in [3.8, 4) is 0 Å². The van der Waals surface area contributed by atoms with Gasteiger partial charge in [-0.15, -0.1) is 0 Å².